The zero-order valence-electron chi connectivity index (χ0n) is 16.7. The number of likely N-dealkylation sites (tertiary alicyclic amines) is 1. The highest BCUT2D eigenvalue weighted by molar-refractivity contribution is 8.23. The molecule has 1 amide bonds. The third kappa shape index (κ3) is 4.74. The maximum Gasteiger partial charge on any atom is 0.250 e. The Labute approximate surface area is 193 Å². The Kier molecular flexibility index (Phi) is 6.81. The molecule has 2 aliphatic rings. The summed E-state index contributed by atoms with van der Waals surface area (Å²) >= 11 is 10.1. The summed E-state index contributed by atoms with van der Waals surface area (Å²) in [6.45, 7) is 6.25. The third-order valence-electron chi connectivity index (χ3n) is 5.29. The van der Waals surface area contributed by atoms with Crippen LogP contribution < -0.4 is 10.9 Å². The summed E-state index contributed by atoms with van der Waals surface area (Å²) in [6, 6.07) is 5.51. The quantitative estimate of drug-likeness (QED) is 0.396. The van der Waals surface area contributed by atoms with E-state index in [0.29, 0.717) is 17.0 Å². The number of nitrogens with zero attached hydrogens (tertiary/aromatic N) is 4. The van der Waals surface area contributed by atoms with Crippen LogP contribution in [0.3, 0.4) is 0 Å². The summed E-state index contributed by atoms with van der Waals surface area (Å²) < 4.78 is 3.50. The van der Waals surface area contributed by atoms with E-state index in [1.807, 2.05) is 23.6 Å². The SMILES string of the molecule is CCSc1nnc(NC(=O)[C@H](C)SC(=S)N2C[C@@H]3C[C@@H](C2)c2cccc(=O)n2C3)s1. The molecule has 0 aromatic carbocycles. The number of thioether (sulfide) groups is 2. The maximum atomic E-state index is 12.6. The highest BCUT2D eigenvalue weighted by Crippen LogP contribution is 2.36. The second-order valence-electron chi connectivity index (χ2n) is 7.42. The molecule has 0 radical (unpaired) electrons. The Morgan fingerprint density at radius 2 is 2.20 bits per heavy atom. The van der Waals surface area contributed by atoms with Gasteiger partial charge in [-0.15, -0.1) is 10.2 Å². The Balaban J connectivity index is 1.36. The molecule has 160 valence electrons. The summed E-state index contributed by atoms with van der Waals surface area (Å²) in [4.78, 5) is 27.0. The standard InChI is InChI=1S/C19H23N5O2S4/c1-3-28-18-22-21-17(30-18)20-16(26)11(2)29-19(27)23-8-12-7-13(10-23)14-5-4-6-15(25)24(14)9-12/h4-6,11-13H,3,7-10H2,1-2H3,(H,20,21,26)/t11-,12-,13-/m0/s1. The number of nitrogens with one attached hydrogen (secondary N) is 1. The first kappa shape index (κ1) is 21.8. The van der Waals surface area contributed by atoms with E-state index >= 15 is 0 Å². The van der Waals surface area contributed by atoms with Gasteiger partial charge >= 0.3 is 0 Å². The van der Waals surface area contributed by atoms with Crippen molar-refractivity contribution in [3.63, 3.8) is 0 Å². The normalized spacial score (nSPS) is 21.1. The molecule has 1 fully saturated rings. The van der Waals surface area contributed by atoms with Gasteiger partial charge in [0, 0.05) is 37.3 Å². The molecule has 11 heteroatoms. The van der Waals surface area contributed by atoms with Crippen LogP contribution in [0.15, 0.2) is 27.3 Å². The van der Waals surface area contributed by atoms with Crippen LogP contribution in [-0.2, 0) is 11.3 Å². The van der Waals surface area contributed by atoms with Crippen molar-refractivity contribution in [1.82, 2.24) is 19.7 Å². The van der Waals surface area contributed by atoms with Crippen LogP contribution in [0.4, 0.5) is 5.13 Å². The Morgan fingerprint density at radius 1 is 1.37 bits per heavy atom. The highest BCUT2D eigenvalue weighted by Gasteiger charge is 2.36. The van der Waals surface area contributed by atoms with Crippen LogP contribution in [0.1, 0.15) is 31.9 Å². The minimum Gasteiger partial charge on any atom is -0.356 e. The van der Waals surface area contributed by atoms with Crippen molar-refractivity contribution in [2.75, 3.05) is 24.2 Å². The average molecular weight is 482 g/mol. The fourth-order valence-electron chi connectivity index (χ4n) is 3.97. The zero-order chi connectivity index (χ0) is 21.3. The third-order valence-corrected chi connectivity index (χ3v) is 8.72. The number of anilines is 1. The molecule has 0 saturated carbocycles. The maximum absolute atomic E-state index is 12.6. The molecule has 2 aromatic heterocycles. The fraction of sp³-hybridized carbons (Fsp3) is 0.526. The van der Waals surface area contributed by atoms with Gasteiger partial charge in [0.25, 0.3) is 5.56 Å². The predicted molar refractivity (Wildman–Crippen MR) is 128 cm³/mol. The summed E-state index contributed by atoms with van der Waals surface area (Å²) in [5, 5.41) is 11.1. The minimum atomic E-state index is -0.333. The van der Waals surface area contributed by atoms with Gasteiger partial charge in [-0.1, -0.05) is 60.1 Å². The molecule has 2 aliphatic heterocycles. The van der Waals surface area contributed by atoms with Crippen molar-refractivity contribution < 1.29 is 4.79 Å². The zero-order valence-corrected chi connectivity index (χ0v) is 20.0. The van der Waals surface area contributed by atoms with Gasteiger partial charge in [0.2, 0.25) is 11.0 Å². The van der Waals surface area contributed by atoms with Crippen molar-refractivity contribution in [1.29, 1.82) is 0 Å². The van der Waals surface area contributed by atoms with Crippen molar-refractivity contribution in [3.8, 4) is 0 Å². The van der Waals surface area contributed by atoms with E-state index in [4.69, 9.17) is 12.2 Å². The fourth-order valence-corrected chi connectivity index (χ4v) is 6.97. The first-order valence-electron chi connectivity index (χ1n) is 9.87. The summed E-state index contributed by atoms with van der Waals surface area (Å²) in [7, 11) is 0. The van der Waals surface area contributed by atoms with Crippen LogP contribution in [0, 0.1) is 5.92 Å². The van der Waals surface area contributed by atoms with Gasteiger partial charge in [0.15, 0.2) is 4.34 Å². The van der Waals surface area contributed by atoms with E-state index < -0.39 is 0 Å². The predicted octanol–water partition coefficient (Wildman–Crippen LogP) is 3.28. The summed E-state index contributed by atoms with van der Waals surface area (Å²) in [5.74, 6) is 1.49. The largest absolute Gasteiger partial charge is 0.356 e. The lowest BCUT2D eigenvalue weighted by molar-refractivity contribution is -0.115. The van der Waals surface area contributed by atoms with Crippen molar-refractivity contribution >= 4 is 62.4 Å². The van der Waals surface area contributed by atoms with E-state index in [0.717, 1.165) is 46.2 Å². The number of carbonyl (C=O) groups excluding carboxylic acids is 1. The number of fused-ring (bicyclic) bond motifs is 4. The number of amides is 1. The molecule has 0 unspecified atom stereocenters. The molecule has 1 saturated heterocycles. The van der Waals surface area contributed by atoms with E-state index in [1.165, 1.54) is 23.1 Å². The molecule has 30 heavy (non-hydrogen) atoms. The van der Waals surface area contributed by atoms with Gasteiger partial charge in [-0.3, -0.25) is 14.9 Å². The molecule has 0 spiro atoms. The first-order valence-corrected chi connectivity index (χ1v) is 13.0. The van der Waals surface area contributed by atoms with Crippen molar-refractivity contribution in [2.24, 2.45) is 5.92 Å². The topological polar surface area (TPSA) is 80.1 Å². The number of thiocarbonyl (C=S) groups is 1. The van der Waals surface area contributed by atoms with Gasteiger partial charge in [-0.25, -0.2) is 0 Å². The smallest absolute Gasteiger partial charge is 0.250 e. The van der Waals surface area contributed by atoms with Gasteiger partial charge in [0.05, 0.1) is 5.25 Å². The van der Waals surface area contributed by atoms with Crippen molar-refractivity contribution in [3.05, 3.63) is 34.2 Å². The molecular weight excluding hydrogens is 459 g/mol. The molecule has 3 atom stereocenters. The number of pyridine rings is 1. The van der Waals surface area contributed by atoms with Crippen LogP contribution in [-0.4, -0.2) is 54.0 Å². The molecule has 2 bridgehead atoms. The van der Waals surface area contributed by atoms with E-state index in [1.54, 1.807) is 17.8 Å². The van der Waals surface area contributed by atoms with Crippen LogP contribution in [0.25, 0.3) is 0 Å². The minimum absolute atomic E-state index is 0.0788. The van der Waals surface area contributed by atoms with Gasteiger partial charge in [0.1, 0.15) is 4.32 Å². The van der Waals surface area contributed by atoms with E-state index in [2.05, 4.69) is 27.3 Å². The Hall–Kier alpha value is -1.43. The van der Waals surface area contributed by atoms with Gasteiger partial charge in [-0.05, 0) is 31.1 Å². The van der Waals surface area contributed by atoms with Crippen LogP contribution >= 0.6 is 47.1 Å². The number of piperidine rings is 1. The van der Waals surface area contributed by atoms with Crippen molar-refractivity contribution in [2.45, 2.75) is 42.3 Å². The molecule has 0 aliphatic carbocycles. The molecule has 1 N–H and O–H groups in total. The monoisotopic (exact) mass is 481 g/mol. The summed E-state index contributed by atoms with van der Waals surface area (Å²) in [6.07, 6.45) is 1.08. The number of rotatable bonds is 5. The number of hydrogen-bond acceptors (Lipinski definition) is 8. The highest BCUT2D eigenvalue weighted by atomic mass is 32.2. The first-order chi connectivity index (χ1) is 14.4. The number of hydrogen-bond donors (Lipinski definition) is 1. The second-order valence-corrected chi connectivity index (χ2v) is 11.9. The Bertz CT molecular complexity index is 1010. The van der Waals surface area contributed by atoms with Gasteiger partial charge in [-0.2, -0.15) is 0 Å². The lowest BCUT2D eigenvalue weighted by Gasteiger charge is -2.43. The van der Waals surface area contributed by atoms with Gasteiger partial charge < -0.3 is 9.47 Å². The average Bonchev–Trinajstić information content (AvgIpc) is 3.15. The molecule has 7 nitrogen and oxygen atoms in total. The van der Waals surface area contributed by atoms with E-state index in [-0.39, 0.29) is 16.7 Å². The number of carbonyl (C=O) groups is 1. The van der Waals surface area contributed by atoms with Crippen LogP contribution in [0.2, 0.25) is 0 Å². The molecule has 4 rings (SSSR count). The summed E-state index contributed by atoms with van der Waals surface area (Å²) in [5.41, 5.74) is 1.18. The molecule has 4 heterocycles. The lowest BCUT2D eigenvalue weighted by Crippen LogP contribution is -2.48. The van der Waals surface area contributed by atoms with E-state index in [9.17, 15) is 9.59 Å². The molecule has 2 aromatic rings. The Morgan fingerprint density at radius 3 is 3.00 bits per heavy atom. The number of aromatic nitrogens is 3. The second kappa shape index (κ2) is 9.37. The lowest BCUT2D eigenvalue weighted by atomic mass is 9.83. The molecular formula is C19H23N5O2S4. The van der Waals surface area contributed by atoms with Crippen LogP contribution in [0.5, 0.6) is 0 Å².